The number of nitro groups is 1. The SMILES string of the molecule is CCN(CC[N+](C)(C)Cc1ccccc1)c1ccc(N=Nc2ccc([N+](=O)[O-])cc2Cl)cc1.[Cl-]. The standard InChI is InChI=1S/C25H29ClN5O2.ClH/c1-4-29(16-17-31(2,3)19-20-8-6-5-7-9-20)22-12-10-21(11-13-22)27-28-25-15-14-23(30(32)33)18-24(25)26;/h5-15,18H,4,16-17,19H2,1-3H3;1H/q+1;/p-1. The molecule has 3 rings (SSSR count). The van der Waals surface area contributed by atoms with Gasteiger partial charge in [0.25, 0.3) is 5.69 Å². The Labute approximate surface area is 211 Å². The third-order valence-corrected chi connectivity index (χ3v) is 5.74. The number of nitro benzene ring substituents is 1. The fourth-order valence-electron chi connectivity index (χ4n) is 3.55. The molecule has 0 bridgehead atoms. The van der Waals surface area contributed by atoms with Crippen molar-refractivity contribution in [3.8, 4) is 0 Å². The van der Waals surface area contributed by atoms with Crippen molar-refractivity contribution in [1.29, 1.82) is 0 Å². The number of azo groups is 1. The van der Waals surface area contributed by atoms with E-state index in [1.54, 1.807) is 0 Å². The molecule has 0 spiro atoms. The summed E-state index contributed by atoms with van der Waals surface area (Å²) in [7, 11) is 4.52. The van der Waals surface area contributed by atoms with Gasteiger partial charge in [0, 0.05) is 29.9 Å². The molecular weight excluding hydrogens is 473 g/mol. The van der Waals surface area contributed by atoms with Crippen molar-refractivity contribution in [2.75, 3.05) is 38.6 Å². The van der Waals surface area contributed by atoms with Gasteiger partial charge >= 0.3 is 0 Å². The Morgan fingerprint density at radius 1 is 1.00 bits per heavy atom. The van der Waals surface area contributed by atoms with Gasteiger partial charge in [-0.2, -0.15) is 5.11 Å². The number of likely N-dealkylation sites (N-methyl/N-ethyl adjacent to an activating group) is 2. The average molecular weight is 502 g/mol. The maximum atomic E-state index is 10.8. The molecule has 0 aliphatic rings. The van der Waals surface area contributed by atoms with Crippen LogP contribution in [0, 0.1) is 10.1 Å². The Bertz CT molecular complexity index is 1110. The monoisotopic (exact) mass is 501 g/mol. The second-order valence-electron chi connectivity index (χ2n) is 8.49. The molecule has 0 N–H and O–H groups in total. The smallest absolute Gasteiger partial charge is 0.271 e. The van der Waals surface area contributed by atoms with E-state index in [-0.39, 0.29) is 23.1 Å². The van der Waals surface area contributed by atoms with Crippen LogP contribution in [-0.4, -0.2) is 43.1 Å². The highest BCUT2D eigenvalue weighted by Crippen LogP contribution is 2.30. The van der Waals surface area contributed by atoms with Gasteiger partial charge in [0.2, 0.25) is 0 Å². The van der Waals surface area contributed by atoms with Crippen LogP contribution in [0.3, 0.4) is 0 Å². The highest BCUT2D eigenvalue weighted by molar-refractivity contribution is 6.33. The lowest BCUT2D eigenvalue weighted by molar-refractivity contribution is -0.902. The summed E-state index contributed by atoms with van der Waals surface area (Å²) in [6.07, 6.45) is 0. The Hall–Kier alpha value is -3.00. The van der Waals surface area contributed by atoms with Crippen LogP contribution in [0.4, 0.5) is 22.7 Å². The molecule has 7 nitrogen and oxygen atoms in total. The molecule has 0 unspecified atom stereocenters. The van der Waals surface area contributed by atoms with Gasteiger partial charge < -0.3 is 21.8 Å². The molecule has 34 heavy (non-hydrogen) atoms. The van der Waals surface area contributed by atoms with Gasteiger partial charge in [-0.1, -0.05) is 41.9 Å². The van der Waals surface area contributed by atoms with Crippen molar-refractivity contribution >= 4 is 34.4 Å². The molecule has 180 valence electrons. The van der Waals surface area contributed by atoms with E-state index in [0.717, 1.165) is 36.3 Å². The van der Waals surface area contributed by atoms with Crippen LogP contribution in [0.5, 0.6) is 0 Å². The zero-order valence-electron chi connectivity index (χ0n) is 19.6. The van der Waals surface area contributed by atoms with Crippen molar-refractivity contribution in [3.05, 3.63) is 93.5 Å². The molecule has 0 heterocycles. The van der Waals surface area contributed by atoms with E-state index in [1.165, 1.54) is 23.8 Å². The van der Waals surface area contributed by atoms with Crippen molar-refractivity contribution in [2.24, 2.45) is 10.2 Å². The highest BCUT2D eigenvalue weighted by atomic mass is 35.5. The molecule has 0 radical (unpaired) electrons. The number of hydrogen-bond donors (Lipinski definition) is 0. The fraction of sp³-hybridized carbons (Fsp3) is 0.280. The lowest BCUT2D eigenvalue weighted by atomic mass is 10.2. The zero-order valence-corrected chi connectivity index (χ0v) is 21.1. The Balaban J connectivity index is 0.00000408. The molecular formula is C25H29Cl2N5O2. The predicted octanol–water partition coefficient (Wildman–Crippen LogP) is 3.77. The summed E-state index contributed by atoms with van der Waals surface area (Å²) in [6.45, 7) is 6.01. The Morgan fingerprint density at radius 2 is 1.68 bits per heavy atom. The van der Waals surface area contributed by atoms with E-state index >= 15 is 0 Å². The number of anilines is 1. The Kier molecular flexibility index (Phi) is 9.98. The van der Waals surface area contributed by atoms with E-state index in [9.17, 15) is 10.1 Å². The first-order valence-electron chi connectivity index (χ1n) is 10.8. The summed E-state index contributed by atoms with van der Waals surface area (Å²) in [6, 6.07) is 22.6. The first kappa shape index (κ1) is 27.2. The summed E-state index contributed by atoms with van der Waals surface area (Å²) < 4.78 is 0.906. The molecule has 0 aliphatic heterocycles. The number of benzene rings is 3. The normalized spacial score (nSPS) is 11.3. The molecule has 0 saturated carbocycles. The minimum atomic E-state index is -0.493. The van der Waals surface area contributed by atoms with Gasteiger partial charge in [0.15, 0.2) is 0 Å². The number of hydrogen-bond acceptors (Lipinski definition) is 5. The van der Waals surface area contributed by atoms with E-state index in [1.807, 2.05) is 30.3 Å². The van der Waals surface area contributed by atoms with Crippen LogP contribution in [0.2, 0.25) is 5.02 Å². The lowest BCUT2D eigenvalue weighted by Crippen LogP contribution is -3.00. The number of quaternary nitrogens is 1. The third kappa shape index (κ3) is 7.80. The van der Waals surface area contributed by atoms with Gasteiger partial charge in [-0.3, -0.25) is 10.1 Å². The molecule has 0 fully saturated rings. The quantitative estimate of drug-likeness (QED) is 0.183. The molecule has 3 aromatic rings. The van der Waals surface area contributed by atoms with Crippen LogP contribution in [0.25, 0.3) is 0 Å². The van der Waals surface area contributed by atoms with Crippen LogP contribution in [0.1, 0.15) is 12.5 Å². The molecule has 0 aliphatic carbocycles. The first-order valence-corrected chi connectivity index (χ1v) is 11.2. The van der Waals surface area contributed by atoms with Crippen LogP contribution in [0.15, 0.2) is 83.0 Å². The lowest BCUT2D eigenvalue weighted by Gasteiger charge is -2.33. The van der Waals surface area contributed by atoms with E-state index in [4.69, 9.17) is 11.6 Å². The first-order chi connectivity index (χ1) is 15.8. The second kappa shape index (κ2) is 12.5. The molecule has 0 atom stereocenters. The molecule has 0 amide bonds. The summed E-state index contributed by atoms with van der Waals surface area (Å²) in [5, 5.41) is 19.4. The fourth-order valence-corrected chi connectivity index (χ4v) is 3.76. The molecule has 9 heteroatoms. The van der Waals surface area contributed by atoms with Crippen molar-refractivity contribution < 1.29 is 21.8 Å². The average Bonchev–Trinajstić information content (AvgIpc) is 2.79. The summed E-state index contributed by atoms with van der Waals surface area (Å²) in [5.74, 6) is 0. The predicted molar refractivity (Wildman–Crippen MR) is 134 cm³/mol. The molecule has 0 saturated heterocycles. The van der Waals surface area contributed by atoms with Gasteiger partial charge in [-0.25, -0.2) is 0 Å². The minimum absolute atomic E-state index is 0. The van der Waals surface area contributed by atoms with E-state index < -0.39 is 4.92 Å². The van der Waals surface area contributed by atoms with Gasteiger partial charge in [0.1, 0.15) is 12.2 Å². The van der Waals surface area contributed by atoms with E-state index in [2.05, 4.69) is 60.4 Å². The third-order valence-electron chi connectivity index (χ3n) is 5.44. The van der Waals surface area contributed by atoms with Crippen molar-refractivity contribution in [2.45, 2.75) is 13.5 Å². The maximum Gasteiger partial charge on any atom is 0.271 e. The number of halogens is 2. The zero-order chi connectivity index (χ0) is 23.8. The number of nitrogens with zero attached hydrogens (tertiary/aromatic N) is 5. The largest absolute Gasteiger partial charge is 1.00 e. The molecule has 0 aromatic heterocycles. The second-order valence-corrected chi connectivity index (χ2v) is 8.90. The molecule has 3 aromatic carbocycles. The summed E-state index contributed by atoms with van der Waals surface area (Å²) in [5.41, 5.74) is 3.47. The van der Waals surface area contributed by atoms with Gasteiger partial charge in [-0.15, -0.1) is 5.11 Å². The summed E-state index contributed by atoms with van der Waals surface area (Å²) in [4.78, 5) is 12.7. The van der Waals surface area contributed by atoms with Crippen LogP contribution in [-0.2, 0) is 6.54 Å². The Morgan fingerprint density at radius 3 is 2.26 bits per heavy atom. The number of non-ortho nitro benzene ring substituents is 1. The highest BCUT2D eigenvalue weighted by Gasteiger charge is 2.17. The minimum Gasteiger partial charge on any atom is -1.00 e. The van der Waals surface area contributed by atoms with Crippen molar-refractivity contribution in [1.82, 2.24) is 0 Å². The topological polar surface area (TPSA) is 71.1 Å². The van der Waals surface area contributed by atoms with Crippen molar-refractivity contribution in [3.63, 3.8) is 0 Å². The summed E-state index contributed by atoms with van der Waals surface area (Å²) >= 11 is 6.08. The number of rotatable bonds is 10. The van der Waals surface area contributed by atoms with Gasteiger partial charge in [-0.05, 0) is 37.3 Å². The van der Waals surface area contributed by atoms with Crippen LogP contribution < -0.4 is 17.3 Å². The van der Waals surface area contributed by atoms with E-state index in [0.29, 0.717) is 11.4 Å². The maximum absolute atomic E-state index is 10.8. The van der Waals surface area contributed by atoms with Gasteiger partial charge in [0.05, 0.1) is 42.8 Å². The van der Waals surface area contributed by atoms with Crippen LogP contribution >= 0.6 is 11.6 Å².